The number of unbranched alkanes of at least 4 members (excludes halogenated alkanes) is 2. The van der Waals surface area contributed by atoms with E-state index in [1.807, 2.05) is 37.3 Å². The fourth-order valence-electron chi connectivity index (χ4n) is 2.37. The van der Waals surface area contributed by atoms with Crippen LogP contribution in [0, 0.1) is 0 Å². The maximum Gasteiger partial charge on any atom is 0.341 e. The molecular weight excluding hydrogens is 288 g/mol. The minimum atomic E-state index is -0.374. The van der Waals surface area contributed by atoms with E-state index in [0.717, 1.165) is 30.7 Å². The molecule has 1 atom stereocenters. The lowest BCUT2D eigenvalue weighted by Gasteiger charge is -2.16. The van der Waals surface area contributed by atoms with E-state index in [-0.39, 0.29) is 12.1 Å². The number of carbonyl (C=O) groups excluding carboxylic acids is 1. The molecule has 0 amide bonds. The molecule has 1 unspecified atom stereocenters. The Balaban J connectivity index is 1.97. The van der Waals surface area contributed by atoms with Crippen molar-refractivity contribution in [2.45, 2.75) is 52.1 Å². The van der Waals surface area contributed by atoms with Crippen molar-refractivity contribution in [1.29, 1.82) is 0 Å². The smallest absolute Gasteiger partial charge is 0.341 e. The molecule has 2 aromatic rings. The Morgan fingerprint density at radius 1 is 1.09 bits per heavy atom. The summed E-state index contributed by atoms with van der Waals surface area (Å²) in [4.78, 5) is 20.8. The number of carbonyl (C=O) groups is 1. The maximum absolute atomic E-state index is 12.3. The molecule has 0 fully saturated rings. The molecule has 0 N–H and O–H groups in total. The number of hydrogen-bond donors (Lipinski definition) is 0. The lowest BCUT2D eigenvalue weighted by atomic mass is 10.1. The standard InChI is InChI=1S/C19H24N2O2/c1-3-5-7-12-18-20-13-16(14-21-18)19(22)23-17(4-2)15-10-8-6-9-11-15/h6,8-11,13-14,17H,3-5,7,12H2,1-2H3. The molecule has 0 aliphatic carbocycles. The van der Waals surface area contributed by atoms with Gasteiger partial charge in [-0.15, -0.1) is 0 Å². The fraction of sp³-hybridized carbons (Fsp3) is 0.421. The van der Waals surface area contributed by atoms with E-state index in [9.17, 15) is 4.79 Å². The molecule has 1 heterocycles. The summed E-state index contributed by atoms with van der Waals surface area (Å²) in [7, 11) is 0. The van der Waals surface area contributed by atoms with Crippen molar-refractivity contribution >= 4 is 5.97 Å². The number of aromatic nitrogens is 2. The van der Waals surface area contributed by atoms with Gasteiger partial charge >= 0.3 is 5.97 Å². The zero-order valence-electron chi connectivity index (χ0n) is 13.9. The van der Waals surface area contributed by atoms with Crippen LogP contribution in [-0.4, -0.2) is 15.9 Å². The summed E-state index contributed by atoms with van der Waals surface area (Å²) in [6, 6.07) is 9.77. The SMILES string of the molecule is CCCCCc1ncc(C(=O)OC(CC)c2ccccc2)cn1. The van der Waals surface area contributed by atoms with Gasteiger partial charge in [-0.1, -0.05) is 57.0 Å². The lowest BCUT2D eigenvalue weighted by molar-refractivity contribution is 0.0287. The third kappa shape index (κ3) is 5.16. The number of aryl methyl sites for hydroxylation is 1. The number of benzene rings is 1. The Morgan fingerprint density at radius 3 is 2.39 bits per heavy atom. The van der Waals surface area contributed by atoms with E-state index in [2.05, 4.69) is 16.9 Å². The second kappa shape index (κ2) is 9.03. The Morgan fingerprint density at radius 2 is 1.78 bits per heavy atom. The van der Waals surface area contributed by atoms with E-state index in [4.69, 9.17) is 4.74 Å². The van der Waals surface area contributed by atoms with Crippen LogP contribution in [0.3, 0.4) is 0 Å². The minimum Gasteiger partial charge on any atom is -0.454 e. The van der Waals surface area contributed by atoms with E-state index in [1.54, 1.807) is 12.4 Å². The first-order valence-corrected chi connectivity index (χ1v) is 8.31. The Kier molecular flexibility index (Phi) is 6.73. The van der Waals surface area contributed by atoms with E-state index in [0.29, 0.717) is 5.56 Å². The van der Waals surface area contributed by atoms with Crippen LogP contribution in [0.4, 0.5) is 0 Å². The molecule has 0 bridgehead atoms. The summed E-state index contributed by atoms with van der Waals surface area (Å²) in [6.07, 6.45) is 7.88. The normalized spacial score (nSPS) is 11.9. The Hall–Kier alpha value is -2.23. The summed E-state index contributed by atoms with van der Waals surface area (Å²) >= 11 is 0. The molecule has 1 aromatic heterocycles. The average Bonchev–Trinajstić information content (AvgIpc) is 2.61. The fourth-order valence-corrected chi connectivity index (χ4v) is 2.37. The molecule has 0 radical (unpaired) electrons. The average molecular weight is 312 g/mol. The van der Waals surface area contributed by atoms with E-state index in [1.165, 1.54) is 12.8 Å². The van der Waals surface area contributed by atoms with Crippen LogP contribution in [0.1, 0.15) is 67.4 Å². The van der Waals surface area contributed by atoms with Gasteiger partial charge in [-0.25, -0.2) is 14.8 Å². The van der Waals surface area contributed by atoms with Crippen molar-refractivity contribution < 1.29 is 9.53 Å². The number of hydrogen-bond acceptors (Lipinski definition) is 4. The predicted molar refractivity (Wildman–Crippen MR) is 90.2 cm³/mol. The zero-order valence-corrected chi connectivity index (χ0v) is 13.9. The van der Waals surface area contributed by atoms with Gasteiger partial charge in [-0.05, 0) is 18.4 Å². The molecule has 0 spiro atoms. The zero-order chi connectivity index (χ0) is 16.5. The second-order valence-corrected chi connectivity index (χ2v) is 5.56. The van der Waals surface area contributed by atoms with Gasteiger partial charge in [0.1, 0.15) is 11.9 Å². The highest BCUT2D eigenvalue weighted by atomic mass is 16.5. The molecule has 4 nitrogen and oxygen atoms in total. The molecule has 2 rings (SSSR count). The van der Waals surface area contributed by atoms with Crippen molar-refractivity contribution in [2.75, 3.05) is 0 Å². The molecule has 0 saturated carbocycles. The van der Waals surface area contributed by atoms with Gasteiger partial charge in [0, 0.05) is 18.8 Å². The molecule has 4 heteroatoms. The minimum absolute atomic E-state index is 0.243. The molecular formula is C19H24N2O2. The van der Waals surface area contributed by atoms with Gasteiger partial charge in [0.15, 0.2) is 0 Å². The molecule has 0 saturated heterocycles. The molecule has 122 valence electrons. The van der Waals surface area contributed by atoms with Crippen LogP contribution >= 0.6 is 0 Å². The largest absolute Gasteiger partial charge is 0.454 e. The monoisotopic (exact) mass is 312 g/mol. The molecule has 0 aliphatic rings. The van der Waals surface area contributed by atoms with Crippen LogP contribution in [0.2, 0.25) is 0 Å². The van der Waals surface area contributed by atoms with Gasteiger partial charge < -0.3 is 4.74 Å². The summed E-state index contributed by atoms with van der Waals surface area (Å²) in [5.74, 6) is 0.408. The van der Waals surface area contributed by atoms with Crippen LogP contribution in [0.5, 0.6) is 0 Å². The molecule has 23 heavy (non-hydrogen) atoms. The maximum atomic E-state index is 12.3. The third-order valence-corrected chi connectivity index (χ3v) is 3.74. The summed E-state index contributed by atoms with van der Waals surface area (Å²) in [6.45, 7) is 4.16. The molecule has 1 aromatic carbocycles. The summed E-state index contributed by atoms with van der Waals surface area (Å²) in [5, 5.41) is 0. The number of esters is 1. The highest BCUT2D eigenvalue weighted by Crippen LogP contribution is 2.22. The Bertz CT molecular complexity index is 597. The summed E-state index contributed by atoms with van der Waals surface area (Å²) in [5.41, 5.74) is 1.40. The summed E-state index contributed by atoms with van der Waals surface area (Å²) < 4.78 is 5.59. The van der Waals surface area contributed by atoms with Gasteiger partial charge in [0.25, 0.3) is 0 Å². The first-order chi connectivity index (χ1) is 11.2. The predicted octanol–water partition coefficient (Wildman–Crippen LogP) is 4.52. The number of ether oxygens (including phenoxy) is 1. The first-order valence-electron chi connectivity index (χ1n) is 8.31. The first kappa shape index (κ1) is 17.1. The van der Waals surface area contributed by atoms with Crippen LogP contribution < -0.4 is 0 Å². The van der Waals surface area contributed by atoms with Crippen LogP contribution in [0.15, 0.2) is 42.7 Å². The van der Waals surface area contributed by atoms with Crippen LogP contribution in [0.25, 0.3) is 0 Å². The topological polar surface area (TPSA) is 52.1 Å². The lowest BCUT2D eigenvalue weighted by Crippen LogP contribution is -2.12. The van der Waals surface area contributed by atoms with Crippen molar-refractivity contribution in [1.82, 2.24) is 9.97 Å². The van der Waals surface area contributed by atoms with Gasteiger partial charge in [-0.2, -0.15) is 0 Å². The van der Waals surface area contributed by atoms with Gasteiger partial charge in [0.2, 0.25) is 0 Å². The highest BCUT2D eigenvalue weighted by Gasteiger charge is 2.16. The number of rotatable bonds is 8. The van der Waals surface area contributed by atoms with Crippen molar-refractivity contribution in [3.05, 3.63) is 59.7 Å². The van der Waals surface area contributed by atoms with Crippen molar-refractivity contribution in [3.63, 3.8) is 0 Å². The van der Waals surface area contributed by atoms with E-state index < -0.39 is 0 Å². The van der Waals surface area contributed by atoms with Crippen molar-refractivity contribution in [2.24, 2.45) is 0 Å². The van der Waals surface area contributed by atoms with Crippen molar-refractivity contribution in [3.8, 4) is 0 Å². The Labute approximate surface area is 137 Å². The van der Waals surface area contributed by atoms with E-state index >= 15 is 0 Å². The van der Waals surface area contributed by atoms with Gasteiger partial charge in [0.05, 0.1) is 5.56 Å². The van der Waals surface area contributed by atoms with Gasteiger partial charge in [-0.3, -0.25) is 0 Å². The number of nitrogens with zero attached hydrogens (tertiary/aromatic N) is 2. The molecule has 0 aliphatic heterocycles. The van der Waals surface area contributed by atoms with Crippen LogP contribution in [-0.2, 0) is 11.2 Å². The second-order valence-electron chi connectivity index (χ2n) is 5.56. The highest BCUT2D eigenvalue weighted by molar-refractivity contribution is 5.88. The third-order valence-electron chi connectivity index (χ3n) is 3.74. The quantitative estimate of drug-likeness (QED) is 0.531.